The summed E-state index contributed by atoms with van der Waals surface area (Å²) in [4.78, 5) is 18.6. The van der Waals surface area contributed by atoms with Crippen LogP contribution < -0.4 is 5.73 Å². The van der Waals surface area contributed by atoms with Gasteiger partial charge >= 0.3 is 0 Å². The van der Waals surface area contributed by atoms with Crippen molar-refractivity contribution in [3.63, 3.8) is 0 Å². The van der Waals surface area contributed by atoms with Crippen LogP contribution in [0.2, 0.25) is 0 Å². The predicted molar refractivity (Wildman–Crippen MR) is 102 cm³/mol. The molecule has 1 amide bonds. The Morgan fingerprint density at radius 1 is 1.08 bits per heavy atom. The highest BCUT2D eigenvalue weighted by Gasteiger charge is 2.06. The highest BCUT2D eigenvalue weighted by atomic mass is 16.1. The average Bonchev–Trinajstić information content (AvgIpc) is 3.27. The number of unbranched alkanes of at least 4 members (excludes halogenated alkanes) is 3. The molecule has 0 aliphatic carbocycles. The lowest BCUT2D eigenvalue weighted by molar-refractivity contribution is -0.118. The summed E-state index contributed by atoms with van der Waals surface area (Å²) in [6.07, 6.45) is 9.29. The number of amides is 1. The first kappa shape index (κ1) is 17.9. The lowest BCUT2D eigenvalue weighted by Crippen LogP contribution is -2.09. The van der Waals surface area contributed by atoms with Gasteiger partial charge < -0.3 is 10.7 Å². The van der Waals surface area contributed by atoms with Crippen LogP contribution in [0.4, 0.5) is 0 Å². The van der Waals surface area contributed by atoms with Gasteiger partial charge in [0.15, 0.2) is 0 Å². The quantitative estimate of drug-likeness (QED) is 0.579. The van der Waals surface area contributed by atoms with Gasteiger partial charge in [-0.2, -0.15) is 5.10 Å². The highest BCUT2D eigenvalue weighted by molar-refractivity contribution is 5.73. The number of nitrogens with two attached hydrogens (primary N) is 1. The standard InChI is InChI=1S/C20H25N5O/c1-25-13-12-17(24-25)15-8-10-16(11-9-15)18-14-22-20(23-18)7-5-3-2-4-6-19(21)26/h8-14H,2-7H2,1H3,(H2,21,26)(H,22,23). The SMILES string of the molecule is Cn1ccc(-c2ccc(-c3cnc(CCCCCCC(N)=O)[nH]3)cc2)n1. The van der Waals surface area contributed by atoms with Gasteiger partial charge in [0.1, 0.15) is 5.82 Å². The molecule has 1 aromatic carbocycles. The number of nitrogens with zero attached hydrogens (tertiary/aromatic N) is 3. The van der Waals surface area contributed by atoms with Crippen LogP contribution in [0, 0.1) is 0 Å². The monoisotopic (exact) mass is 351 g/mol. The third kappa shape index (κ3) is 4.81. The molecule has 0 saturated carbocycles. The molecule has 26 heavy (non-hydrogen) atoms. The molecule has 0 unspecified atom stereocenters. The van der Waals surface area contributed by atoms with E-state index in [2.05, 4.69) is 39.3 Å². The second-order valence-electron chi connectivity index (χ2n) is 6.58. The van der Waals surface area contributed by atoms with E-state index in [1.165, 1.54) is 0 Å². The second-order valence-corrected chi connectivity index (χ2v) is 6.58. The summed E-state index contributed by atoms with van der Waals surface area (Å²) >= 11 is 0. The molecular formula is C20H25N5O. The number of imidazole rings is 1. The van der Waals surface area contributed by atoms with E-state index in [1.807, 2.05) is 25.5 Å². The first-order chi connectivity index (χ1) is 12.6. The first-order valence-electron chi connectivity index (χ1n) is 9.04. The third-order valence-corrected chi connectivity index (χ3v) is 4.42. The number of carbonyl (C=O) groups is 1. The molecule has 0 aliphatic heterocycles. The second kappa shape index (κ2) is 8.47. The molecule has 0 bridgehead atoms. The molecule has 2 aromatic heterocycles. The van der Waals surface area contributed by atoms with E-state index in [0.29, 0.717) is 6.42 Å². The van der Waals surface area contributed by atoms with Crippen molar-refractivity contribution in [2.75, 3.05) is 0 Å². The molecule has 0 aliphatic rings. The lowest BCUT2D eigenvalue weighted by atomic mass is 10.1. The summed E-state index contributed by atoms with van der Waals surface area (Å²) in [7, 11) is 1.92. The molecule has 0 radical (unpaired) electrons. The van der Waals surface area contributed by atoms with Gasteiger partial charge in [-0.15, -0.1) is 0 Å². The Morgan fingerprint density at radius 3 is 2.50 bits per heavy atom. The van der Waals surface area contributed by atoms with E-state index >= 15 is 0 Å². The Balaban J connectivity index is 1.52. The minimum absolute atomic E-state index is 0.213. The van der Waals surface area contributed by atoms with Crippen molar-refractivity contribution in [2.45, 2.75) is 38.5 Å². The Morgan fingerprint density at radius 2 is 1.81 bits per heavy atom. The molecule has 2 heterocycles. The maximum absolute atomic E-state index is 10.7. The minimum atomic E-state index is -0.213. The summed E-state index contributed by atoms with van der Waals surface area (Å²) in [5, 5.41) is 4.42. The zero-order valence-electron chi connectivity index (χ0n) is 15.1. The van der Waals surface area contributed by atoms with E-state index < -0.39 is 0 Å². The summed E-state index contributed by atoms with van der Waals surface area (Å²) in [5.41, 5.74) is 9.36. The van der Waals surface area contributed by atoms with Crippen molar-refractivity contribution in [2.24, 2.45) is 12.8 Å². The summed E-state index contributed by atoms with van der Waals surface area (Å²) in [6, 6.07) is 10.3. The maximum Gasteiger partial charge on any atom is 0.217 e. The molecule has 3 N–H and O–H groups in total. The first-order valence-corrected chi connectivity index (χ1v) is 9.04. The number of aryl methyl sites for hydroxylation is 2. The van der Waals surface area contributed by atoms with Crippen molar-refractivity contribution in [3.8, 4) is 22.5 Å². The van der Waals surface area contributed by atoms with Crippen LogP contribution in [-0.2, 0) is 18.3 Å². The van der Waals surface area contributed by atoms with E-state index in [9.17, 15) is 4.79 Å². The average molecular weight is 351 g/mol. The van der Waals surface area contributed by atoms with Crippen molar-refractivity contribution in [3.05, 3.63) is 48.5 Å². The van der Waals surface area contributed by atoms with Crippen LogP contribution in [0.15, 0.2) is 42.7 Å². The maximum atomic E-state index is 10.7. The smallest absolute Gasteiger partial charge is 0.217 e. The normalized spacial score (nSPS) is 11.0. The molecule has 0 fully saturated rings. The van der Waals surface area contributed by atoms with Gasteiger partial charge in [0.2, 0.25) is 5.91 Å². The molecular weight excluding hydrogens is 326 g/mol. The Bertz CT molecular complexity index is 847. The molecule has 6 nitrogen and oxygen atoms in total. The zero-order chi connectivity index (χ0) is 18.4. The molecule has 3 rings (SSSR count). The number of hydrogen-bond acceptors (Lipinski definition) is 3. The summed E-state index contributed by atoms with van der Waals surface area (Å²) in [5.74, 6) is 0.790. The van der Waals surface area contributed by atoms with Gasteiger partial charge in [-0.3, -0.25) is 9.48 Å². The van der Waals surface area contributed by atoms with Gasteiger partial charge in [0.05, 0.1) is 17.6 Å². The van der Waals surface area contributed by atoms with Crippen molar-refractivity contribution in [1.82, 2.24) is 19.7 Å². The van der Waals surface area contributed by atoms with E-state index in [1.54, 1.807) is 4.68 Å². The number of benzene rings is 1. The fourth-order valence-corrected chi connectivity index (χ4v) is 2.97. The number of aromatic amines is 1. The molecule has 0 atom stereocenters. The molecule has 3 aromatic rings. The van der Waals surface area contributed by atoms with Crippen LogP contribution in [0.1, 0.15) is 37.9 Å². The van der Waals surface area contributed by atoms with Crippen LogP contribution in [0.25, 0.3) is 22.5 Å². The fraction of sp³-hybridized carbons (Fsp3) is 0.350. The zero-order valence-corrected chi connectivity index (χ0v) is 15.1. The van der Waals surface area contributed by atoms with Gasteiger partial charge in [-0.05, 0) is 24.5 Å². The van der Waals surface area contributed by atoms with Crippen LogP contribution >= 0.6 is 0 Å². The van der Waals surface area contributed by atoms with Crippen LogP contribution in [-0.4, -0.2) is 25.7 Å². The summed E-state index contributed by atoms with van der Waals surface area (Å²) < 4.78 is 1.80. The Hall–Kier alpha value is -2.89. The van der Waals surface area contributed by atoms with E-state index in [4.69, 9.17) is 5.73 Å². The minimum Gasteiger partial charge on any atom is -0.370 e. The van der Waals surface area contributed by atoms with Crippen LogP contribution in [0.3, 0.4) is 0 Å². The van der Waals surface area contributed by atoms with Crippen molar-refractivity contribution in [1.29, 1.82) is 0 Å². The topological polar surface area (TPSA) is 89.6 Å². The number of carbonyl (C=O) groups excluding carboxylic acids is 1. The number of primary amides is 1. The Kier molecular flexibility index (Phi) is 5.84. The molecule has 136 valence electrons. The summed E-state index contributed by atoms with van der Waals surface area (Å²) in [6.45, 7) is 0. The predicted octanol–water partition coefficient (Wildman–Crippen LogP) is 3.46. The van der Waals surface area contributed by atoms with Gasteiger partial charge in [-0.25, -0.2) is 4.98 Å². The largest absolute Gasteiger partial charge is 0.370 e. The van der Waals surface area contributed by atoms with Crippen molar-refractivity contribution >= 4 is 5.91 Å². The van der Waals surface area contributed by atoms with E-state index in [0.717, 1.165) is 60.4 Å². The number of H-pyrrole nitrogens is 1. The third-order valence-electron chi connectivity index (χ3n) is 4.42. The molecule has 0 spiro atoms. The van der Waals surface area contributed by atoms with Gasteiger partial charge in [0, 0.05) is 31.6 Å². The molecule has 0 saturated heterocycles. The fourth-order valence-electron chi connectivity index (χ4n) is 2.97. The highest BCUT2D eigenvalue weighted by Crippen LogP contribution is 2.23. The number of aromatic nitrogens is 4. The number of rotatable bonds is 9. The van der Waals surface area contributed by atoms with Gasteiger partial charge in [-0.1, -0.05) is 37.1 Å². The van der Waals surface area contributed by atoms with E-state index in [-0.39, 0.29) is 5.91 Å². The lowest BCUT2D eigenvalue weighted by Gasteiger charge is -2.01. The number of nitrogens with one attached hydrogen (secondary N) is 1. The van der Waals surface area contributed by atoms with Crippen molar-refractivity contribution < 1.29 is 4.79 Å². The van der Waals surface area contributed by atoms with Gasteiger partial charge in [0.25, 0.3) is 0 Å². The van der Waals surface area contributed by atoms with Crippen LogP contribution in [0.5, 0.6) is 0 Å². The Labute approximate surface area is 153 Å². The molecule has 6 heteroatoms. The number of hydrogen-bond donors (Lipinski definition) is 2.